The summed E-state index contributed by atoms with van der Waals surface area (Å²) in [6.45, 7) is 14.6. The van der Waals surface area contributed by atoms with Crippen LogP contribution in [0.5, 0.6) is 0 Å². The van der Waals surface area contributed by atoms with Gasteiger partial charge in [0.15, 0.2) is 0 Å². The first-order valence-electron chi connectivity index (χ1n) is 20.5. The number of Topliss-reactive ketones (excluding diaryl/α,β-unsaturated/α-hetero) is 2. The number of benzene rings is 1. The maximum Gasteiger partial charge on any atom is 0.306 e. The van der Waals surface area contributed by atoms with Gasteiger partial charge in [0.1, 0.15) is 11.6 Å². The number of carboxylic acids is 1. The molecule has 55 heavy (non-hydrogen) atoms. The molecule has 1 N–H and O–H groups in total. The van der Waals surface area contributed by atoms with Crippen molar-refractivity contribution in [3.05, 3.63) is 35.9 Å². The van der Waals surface area contributed by atoms with Crippen LogP contribution in [0.3, 0.4) is 0 Å². The number of carbonyl (C=O) groups excluding carboxylic acids is 4. The predicted octanol–water partition coefficient (Wildman–Crippen LogP) is 6.41. The van der Waals surface area contributed by atoms with Crippen molar-refractivity contribution in [2.45, 2.75) is 137 Å². The molecule has 0 radical (unpaired) electrons. The number of methoxy groups -OCH3 is 2. The number of amides is 2. The molecule has 1 fully saturated rings. The Morgan fingerprint density at radius 3 is 2.00 bits per heavy atom. The van der Waals surface area contributed by atoms with E-state index in [9.17, 15) is 29.1 Å². The molecule has 1 aromatic rings. The lowest BCUT2D eigenvalue weighted by molar-refractivity contribution is -0.148. The summed E-state index contributed by atoms with van der Waals surface area (Å²) in [7, 11) is 8.77. The van der Waals surface area contributed by atoms with Crippen molar-refractivity contribution in [1.29, 1.82) is 0 Å². The Hall–Kier alpha value is -3.15. The van der Waals surface area contributed by atoms with Gasteiger partial charge in [-0.25, -0.2) is 0 Å². The van der Waals surface area contributed by atoms with E-state index in [0.29, 0.717) is 32.2 Å². The van der Waals surface area contributed by atoms with Gasteiger partial charge in [-0.15, -0.1) is 0 Å². The highest BCUT2D eigenvalue weighted by molar-refractivity contribution is 5.86. The topological polar surface area (TPSA) is 134 Å². The van der Waals surface area contributed by atoms with Gasteiger partial charge in [0.2, 0.25) is 11.8 Å². The van der Waals surface area contributed by atoms with E-state index < -0.39 is 30.0 Å². The molecule has 1 aromatic carbocycles. The number of nitrogens with zero attached hydrogens (tertiary/aromatic N) is 3. The quantitative estimate of drug-likeness (QED) is 0.120. The van der Waals surface area contributed by atoms with E-state index in [2.05, 4.69) is 13.8 Å². The summed E-state index contributed by atoms with van der Waals surface area (Å²) in [5.74, 6) is -2.43. The first kappa shape index (κ1) is 48.0. The van der Waals surface area contributed by atoms with Gasteiger partial charge in [0.05, 0.1) is 42.7 Å². The number of hydrogen-bond donors (Lipinski definition) is 1. The van der Waals surface area contributed by atoms with Crippen LogP contribution in [0.4, 0.5) is 0 Å². The van der Waals surface area contributed by atoms with E-state index in [1.165, 1.54) is 0 Å². The molecule has 11 heteroatoms. The minimum atomic E-state index is -0.925. The molecule has 9 atom stereocenters. The van der Waals surface area contributed by atoms with E-state index >= 15 is 0 Å². The number of likely N-dealkylation sites (tertiary alicyclic amines) is 1. The first-order chi connectivity index (χ1) is 25.9. The molecular formula is C44H73N3O8. The second-order valence-electron chi connectivity index (χ2n) is 16.8. The largest absolute Gasteiger partial charge is 0.481 e. The van der Waals surface area contributed by atoms with Crippen LogP contribution in [0.25, 0.3) is 0 Å². The van der Waals surface area contributed by atoms with E-state index in [4.69, 9.17) is 9.47 Å². The third-order valence-corrected chi connectivity index (χ3v) is 12.1. The molecule has 0 spiro atoms. The fourth-order valence-corrected chi connectivity index (χ4v) is 8.80. The third kappa shape index (κ3) is 13.5. The summed E-state index contributed by atoms with van der Waals surface area (Å²) < 4.78 is 12.0. The van der Waals surface area contributed by atoms with E-state index in [1.807, 2.05) is 88.8 Å². The summed E-state index contributed by atoms with van der Waals surface area (Å²) in [5.41, 5.74) is 0.914. The van der Waals surface area contributed by atoms with Crippen LogP contribution < -0.4 is 0 Å². The minimum absolute atomic E-state index is 0.0136. The lowest BCUT2D eigenvalue weighted by Crippen LogP contribution is -2.54. The molecule has 11 nitrogen and oxygen atoms in total. The van der Waals surface area contributed by atoms with E-state index in [1.54, 1.807) is 26.2 Å². The SMILES string of the molecule is CC[C@H](C)[C@@H]([C@@H](CC(=O)N1CCC[C@H]1[C@H](OC)[C@@H](C)C(=O)CC[C@@H](Cc1ccccc1)C(=O)O)OC)N(C)C(=O)[C@@H](CCC(=O)[C@H](C(C)C)N(C)C)C(C)C. The minimum Gasteiger partial charge on any atom is -0.481 e. The standard InChI is InChI=1S/C44H73N3O8/c1-13-30(6)41(46(10)43(51)34(28(2)3)22-24-37(49)40(29(4)5)45(8)9)38(54-11)27-39(50)47-25-17-20-35(47)42(55-12)31(7)36(48)23-21-33(44(52)53)26-32-18-15-14-16-19-32/h14-16,18-19,28-31,33-35,38,40-42H,13,17,20-27H2,1-12H3,(H,52,53)/t30-,31-,33-,34-,35-,38+,40-,41-,42+/m0/s1. The Morgan fingerprint density at radius 1 is 0.873 bits per heavy atom. The van der Waals surface area contributed by atoms with Crippen molar-refractivity contribution in [1.82, 2.24) is 14.7 Å². The van der Waals surface area contributed by atoms with E-state index in [-0.39, 0.29) is 84.4 Å². The van der Waals surface area contributed by atoms with Crippen LogP contribution in [0.15, 0.2) is 30.3 Å². The summed E-state index contributed by atoms with van der Waals surface area (Å²) in [5, 5.41) is 9.88. The number of aliphatic carboxylic acids is 1. The molecule has 1 aliphatic rings. The maximum absolute atomic E-state index is 14.3. The lowest BCUT2D eigenvalue weighted by Gasteiger charge is -2.41. The van der Waals surface area contributed by atoms with Gasteiger partial charge in [-0.05, 0) is 69.5 Å². The van der Waals surface area contributed by atoms with Crippen molar-refractivity contribution in [3.8, 4) is 0 Å². The number of rotatable bonds is 25. The molecule has 0 unspecified atom stereocenters. The van der Waals surface area contributed by atoms with Crippen LogP contribution in [-0.2, 0) is 39.9 Å². The van der Waals surface area contributed by atoms with Crippen LogP contribution in [-0.4, -0.2) is 121 Å². The maximum atomic E-state index is 14.3. The second-order valence-corrected chi connectivity index (χ2v) is 16.8. The van der Waals surface area contributed by atoms with Crippen LogP contribution in [0.2, 0.25) is 0 Å². The molecular weight excluding hydrogens is 698 g/mol. The zero-order valence-electron chi connectivity index (χ0n) is 36.0. The number of ketones is 2. The third-order valence-electron chi connectivity index (χ3n) is 12.1. The fourth-order valence-electron chi connectivity index (χ4n) is 8.80. The number of likely N-dealkylation sites (N-methyl/N-ethyl adjacent to an activating group) is 2. The number of ether oxygens (including phenoxy) is 2. The Labute approximate surface area is 331 Å². The molecule has 0 saturated carbocycles. The molecule has 0 aromatic heterocycles. The van der Waals surface area contributed by atoms with Gasteiger partial charge < -0.3 is 24.4 Å². The van der Waals surface area contributed by atoms with Gasteiger partial charge in [-0.2, -0.15) is 0 Å². The Balaban J connectivity index is 2.20. The average Bonchev–Trinajstić information content (AvgIpc) is 3.62. The first-order valence-corrected chi connectivity index (χ1v) is 20.5. The van der Waals surface area contributed by atoms with Gasteiger partial charge in [-0.3, -0.25) is 28.9 Å². The highest BCUT2D eigenvalue weighted by Gasteiger charge is 2.42. The van der Waals surface area contributed by atoms with Crippen LogP contribution >= 0.6 is 0 Å². The van der Waals surface area contributed by atoms with Crippen LogP contribution in [0, 0.1) is 35.5 Å². The van der Waals surface area contributed by atoms with Crippen molar-refractivity contribution < 1.29 is 38.6 Å². The number of hydrogen-bond acceptors (Lipinski definition) is 8. The van der Waals surface area contributed by atoms with Gasteiger partial charge in [0.25, 0.3) is 0 Å². The average molecular weight is 772 g/mol. The van der Waals surface area contributed by atoms with Gasteiger partial charge >= 0.3 is 5.97 Å². The second kappa shape index (κ2) is 23.2. The molecule has 1 heterocycles. The van der Waals surface area contributed by atoms with Crippen LogP contribution in [0.1, 0.15) is 105 Å². The van der Waals surface area contributed by atoms with Gasteiger partial charge in [-0.1, -0.05) is 85.2 Å². The summed E-state index contributed by atoms with van der Waals surface area (Å²) in [6.07, 6.45) is 2.58. The van der Waals surface area contributed by atoms with E-state index in [0.717, 1.165) is 18.4 Å². The Kier molecular flexibility index (Phi) is 20.2. The lowest BCUT2D eigenvalue weighted by atomic mass is 9.84. The number of carbonyl (C=O) groups is 5. The zero-order valence-corrected chi connectivity index (χ0v) is 36.0. The number of carboxylic acid groups (broad SMARTS) is 1. The highest BCUT2D eigenvalue weighted by Crippen LogP contribution is 2.32. The molecule has 1 aliphatic heterocycles. The fraction of sp³-hybridized carbons (Fsp3) is 0.750. The molecule has 1 saturated heterocycles. The van der Waals surface area contributed by atoms with Gasteiger partial charge in [0, 0.05) is 52.5 Å². The highest BCUT2D eigenvalue weighted by atomic mass is 16.5. The monoisotopic (exact) mass is 772 g/mol. The normalized spacial score (nSPS) is 19.1. The van der Waals surface area contributed by atoms with Crippen molar-refractivity contribution in [2.24, 2.45) is 35.5 Å². The van der Waals surface area contributed by atoms with Crippen molar-refractivity contribution in [3.63, 3.8) is 0 Å². The Morgan fingerprint density at radius 2 is 1.49 bits per heavy atom. The molecule has 0 bridgehead atoms. The molecule has 312 valence electrons. The smallest absolute Gasteiger partial charge is 0.306 e. The summed E-state index contributed by atoms with van der Waals surface area (Å²) in [4.78, 5) is 72.9. The predicted molar refractivity (Wildman–Crippen MR) is 217 cm³/mol. The summed E-state index contributed by atoms with van der Waals surface area (Å²) in [6, 6.07) is 8.50. The molecule has 2 amide bonds. The molecule has 2 rings (SSSR count). The Bertz CT molecular complexity index is 1360. The zero-order chi connectivity index (χ0) is 41.6. The summed E-state index contributed by atoms with van der Waals surface area (Å²) >= 11 is 0. The van der Waals surface area contributed by atoms with Crippen molar-refractivity contribution >= 4 is 29.4 Å². The molecule has 0 aliphatic carbocycles. The van der Waals surface area contributed by atoms with Crippen molar-refractivity contribution in [2.75, 3.05) is 41.9 Å².